The smallest absolute Gasteiger partial charge is 0.0960 e. The fourth-order valence-electron chi connectivity index (χ4n) is 3.17. The molecule has 1 aromatic heterocycles. The zero-order valence-electron chi connectivity index (χ0n) is 13.0. The highest BCUT2D eigenvalue weighted by atomic mass is 28.3. The number of hydrogen-bond donors (Lipinski definition) is 1. The van der Waals surface area contributed by atoms with Crippen molar-refractivity contribution >= 4 is 13.3 Å². The van der Waals surface area contributed by atoms with Crippen LogP contribution in [0, 0.1) is 5.92 Å². The largest absolute Gasteiger partial charge is 0.472 e. The summed E-state index contributed by atoms with van der Waals surface area (Å²) in [6, 6.07) is 12.4. The first-order valence-corrected chi connectivity index (χ1v) is 10.4. The molecule has 0 radical (unpaired) electrons. The maximum atomic E-state index is 10.6. The Labute approximate surface area is 128 Å². The van der Waals surface area contributed by atoms with Crippen LogP contribution in [0.5, 0.6) is 0 Å². The van der Waals surface area contributed by atoms with Crippen LogP contribution in [0.1, 0.15) is 18.6 Å². The molecule has 2 nitrogen and oxygen atoms in total. The number of aliphatic hydroxyl groups excluding tert-OH is 1. The van der Waals surface area contributed by atoms with Crippen LogP contribution >= 0.6 is 0 Å². The molecular formula is C18H24O2Si. The summed E-state index contributed by atoms with van der Waals surface area (Å²) < 4.78 is 5.09. The van der Waals surface area contributed by atoms with E-state index in [4.69, 9.17) is 4.42 Å². The molecule has 0 amide bonds. The second-order valence-electron chi connectivity index (χ2n) is 6.21. The minimum Gasteiger partial charge on any atom is -0.472 e. The second-order valence-corrected chi connectivity index (χ2v) is 10.9. The molecular weight excluding hydrogens is 276 g/mol. The zero-order chi connectivity index (χ0) is 15.5. The summed E-state index contributed by atoms with van der Waals surface area (Å²) in [4.78, 5) is 0. The van der Waals surface area contributed by atoms with Gasteiger partial charge < -0.3 is 9.52 Å². The molecule has 0 fully saturated rings. The van der Waals surface area contributed by atoms with E-state index in [0.717, 1.165) is 5.56 Å². The summed E-state index contributed by atoms with van der Waals surface area (Å²) in [6.07, 6.45) is 4.72. The standard InChI is InChI=1S/C18H24O2Si/c1-5-17(14(2)18(19)15-11-12-20-13-15)21(3,4)16-9-7-6-8-10-16/h5-14,17-19H,1H2,2-4H3. The van der Waals surface area contributed by atoms with Gasteiger partial charge in [0.15, 0.2) is 0 Å². The molecule has 1 heterocycles. The summed E-state index contributed by atoms with van der Waals surface area (Å²) >= 11 is 0. The molecule has 21 heavy (non-hydrogen) atoms. The topological polar surface area (TPSA) is 33.4 Å². The third-order valence-electron chi connectivity index (χ3n) is 4.55. The monoisotopic (exact) mass is 300 g/mol. The van der Waals surface area contributed by atoms with Gasteiger partial charge in [0, 0.05) is 5.56 Å². The van der Waals surface area contributed by atoms with Crippen LogP contribution in [0.3, 0.4) is 0 Å². The molecule has 3 heteroatoms. The highest BCUT2D eigenvalue weighted by molar-refractivity contribution is 6.91. The molecule has 0 aliphatic rings. The van der Waals surface area contributed by atoms with Crippen molar-refractivity contribution in [1.29, 1.82) is 0 Å². The zero-order valence-corrected chi connectivity index (χ0v) is 14.0. The lowest BCUT2D eigenvalue weighted by molar-refractivity contribution is 0.117. The van der Waals surface area contributed by atoms with E-state index in [-0.39, 0.29) is 11.5 Å². The van der Waals surface area contributed by atoms with Crippen LogP contribution in [0.15, 0.2) is 66.0 Å². The van der Waals surface area contributed by atoms with Crippen molar-refractivity contribution in [2.24, 2.45) is 5.92 Å². The van der Waals surface area contributed by atoms with E-state index in [1.165, 1.54) is 5.19 Å². The van der Waals surface area contributed by atoms with E-state index in [0.29, 0.717) is 0 Å². The van der Waals surface area contributed by atoms with Gasteiger partial charge in [-0.15, -0.1) is 6.58 Å². The predicted octanol–water partition coefficient (Wildman–Crippen LogP) is 4.12. The van der Waals surface area contributed by atoms with Crippen LogP contribution in [0.25, 0.3) is 0 Å². The number of allylic oxidation sites excluding steroid dienone is 1. The van der Waals surface area contributed by atoms with E-state index >= 15 is 0 Å². The number of hydrogen-bond acceptors (Lipinski definition) is 2. The highest BCUT2D eigenvalue weighted by Gasteiger charge is 2.38. The van der Waals surface area contributed by atoms with Gasteiger partial charge in [-0.1, -0.05) is 61.6 Å². The van der Waals surface area contributed by atoms with Crippen molar-refractivity contribution in [1.82, 2.24) is 0 Å². The van der Waals surface area contributed by atoms with Crippen LogP contribution in [0.4, 0.5) is 0 Å². The quantitative estimate of drug-likeness (QED) is 0.643. The second kappa shape index (κ2) is 6.46. The first-order valence-electron chi connectivity index (χ1n) is 7.36. The van der Waals surface area contributed by atoms with Crippen molar-refractivity contribution in [2.45, 2.75) is 31.7 Å². The number of aliphatic hydroxyl groups is 1. The molecule has 112 valence electrons. The van der Waals surface area contributed by atoms with Crippen molar-refractivity contribution in [3.8, 4) is 0 Å². The molecule has 0 aliphatic carbocycles. The lowest BCUT2D eigenvalue weighted by Gasteiger charge is -2.37. The van der Waals surface area contributed by atoms with E-state index in [1.54, 1.807) is 12.5 Å². The Kier molecular flexibility index (Phi) is 4.86. The van der Waals surface area contributed by atoms with Gasteiger partial charge in [0.05, 0.1) is 26.7 Å². The molecule has 2 aromatic rings. The average molecular weight is 300 g/mol. The minimum absolute atomic E-state index is 0.0990. The van der Waals surface area contributed by atoms with Gasteiger partial charge in [-0.25, -0.2) is 0 Å². The van der Waals surface area contributed by atoms with Gasteiger partial charge in [0.1, 0.15) is 0 Å². The molecule has 2 rings (SSSR count). The Bertz CT molecular complexity index is 560. The van der Waals surface area contributed by atoms with Gasteiger partial charge in [-0.05, 0) is 17.5 Å². The summed E-state index contributed by atoms with van der Waals surface area (Å²) in [5.41, 5.74) is 1.12. The van der Waals surface area contributed by atoms with Crippen LogP contribution in [-0.4, -0.2) is 13.2 Å². The van der Waals surface area contributed by atoms with E-state index < -0.39 is 14.2 Å². The number of benzene rings is 1. The van der Waals surface area contributed by atoms with Gasteiger partial charge in [0.2, 0.25) is 0 Å². The molecule has 1 aromatic carbocycles. The molecule has 0 saturated carbocycles. The molecule has 3 atom stereocenters. The highest BCUT2D eigenvalue weighted by Crippen LogP contribution is 2.38. The predicted molar refractivity (Wildman–Crippen MR) is 90.3 cm³/mol. The van der Waals surface area contributed by atoms with E-state index in [9.17, 15) is 5.11 Å². The lowest BCUT2D eigenvalue weighted by atomic mass is 9.96. The first kappa shape index (κ1) is 15.8. The average Bonchev–Trinajstić information content (AvgIpc) is 3.02. The summed E-state index contributed by atoms with van der Waals surface area (Å²) in [7, 11) is -1.76. The van der Waals surface area contributed by atoms with Crippen molar-refractivity contribution in [3.05, 3.63) is 67.1 Å². The van der Waals surface area contributed by atoms with Gasteiger partial charge in [0.25, 0.3) is 0 Å². The van der Waals surface area contributed by atoms with E-state index in [1.807, 2.05) is 18.2 Å². The molecule has 0 bridgehead atoms. The van der Waals surface area contributed by atoms with Crippen molar-refractivity contribution < 1.29 is 9.52 Å². The van der Waals surface area contributed by atoms with Crippen LogP contribution in [0.2, 0.25) is 18.6 Å². The maximum absolute atomic E-state index is 10.6. The fourth-order valence-corrected chi connectivity index (χ4v) is 6.69. The Morgan fingerprint density at radius 2 is 1.86 bits per heavy atom. The Hall–Kier alpha value is -1.58. The third kappa shape index (κ3) is 3.19. The van der Waals surface area contributed by atoms with Gasteiger partial charge >= 0.3 is 0 Å². The number of rotatable bonds is 6. The van der Waals surface area contributed by atoms with Crippen LogP contribution < -0.4 is 5.19 Å². The number of furan rings is 1. The fraction of sp³-hybridized carbons (Fsp3) is 0.333. The summed E-state index contributed by atoms with van der Waals surface area (Å²) in [5.74, 6) is 0.0990. The first-order chi connectivity index (χ1) is 9.98. The molecule has 1 N–H and O–H groups in total. The maximum Gasteiger partial charge on any atom is 0.0960 e. The van der Waals surface area contributed by atoms with Crippen LogP contribution in [-0.2, 0) is 0 Å². The summed E-state index contributed by atoms with van der Waals surface area (Å²) in [6.45, 7) is 10.8. The summed E-state index contributed by atoms with van der Waals surface area (Å²) in [5, 5.41) is 12.0. The van der Waals surface area contributed by atoms with E-state index in [2.05, 4.69) is 50.9 Å². The van der Waals surface area contributed by atoms with Crippen molar-refractivity contribution in [3.63, 3.8) is 0 Å². The molecule has 0 aliphatic heterocycles. The Morgan fingerprint density at radius 3 is 2.38 bits per heavy atom. The Morgan fingerprint density at radius 1 is 1.19 bits per heavy atom. The van der Waals surface area contributed by atoms with Gasteiger partial charge in [-0.2, -0.15) is 0 Å². The van der Waals surface area contributed by atoms with Crippen molar-refractivity contribution in [2.75, 3.05) is 0 Å². The third-order valence-corrected chi connectivity index (χ3v) is 8.80. The van der Waals surface area contributed by atoms with Gasteiger partial charge in [-0.3, -0.25) is 0 Å². The Balaban J connectivity index is 2.28. The molecule has 0 saturated heterocycles. The molecule has 3 unspecified atom stereocenters. The SMILES string of the molecule is C=CC(C(C)C(O)c1ccoc1)[Si](C)(C)c1ccccc1. The lowest BCUT2D eigenvalue weighted by Crippen LogP contribution is -2.48. The normalized spacial score (nSPS) is 16.2. The minimum atomic E-state index is -1.76. The molecule has 0 spiro atoms.